The van der Waals surface area contributed by atoms with Crippen LogP contribution in [-0.4, -0.2) is 55.0 Å². The van der Waals surface area contributed by atoms with Gasteiger partial charge in [-0.05, 0) is 37.3 Å². The molecule has 1 aromatic carbocycles. The van der Waals surface area contributed by atoms with Crippen LogP contribution in [0.15, 0.2) is 35.9 Å². The van der Waals surface area contributed by atoms with Crippen LogP contribution in [0.1, 0.15) is 31.7 Å². The number of fused-ring (bicyclic) bond motifs is 2. The molecule has 1 saturated carbocycles. The highest BCUT2D eigenvalue weighted by Crippen LogP contribution is 2.70. The maximum absolute atomic E-state index is 13.4. The lowest BCUT2D eigenvalue weighted by Gasteiger charge is -2.63. The second kappa shape index (κ2) is 5.07. The third kappa shape index (κ3) is 1.52. The normalized spacial score (nSPS) is 45.0. The Morgan fingerprint density at radius 2 is 2.21 bits per heavy atom. The van der Waals surface area contributed by atoms with Gasteiger partial charge in [0.05, 0.1) is 30.6 Å². The molecule has 5 heterocycles. The number of nitrogens with zero attached hydrogens (tertiary/aromatic N) is 2. The van der Waals surface area contributed by atoms with Gasteiger partial charge in [-0.2, -0.15) is 0 Å². The van der Waals surface area contributed by atoms with Crippen molar-refractivity contribution in [2.45, 2.75) is 49.5 Å². The van der Waals surface area contributed by atoms with Crippen LogP contribution in [0.4, 0.5) is 5.69 Å². The predicted octanol–water partition coefficient (Wildman–Crippen LogP) is 2.46. The fourth-order valence-corrected chi connectivity index (χ4v) is 8.01. The first-order valence-corrected chi connectivity index (χ1v) is 10.8. The van der Waals surface area contributed by atoms with Crippen LogP contribution in [0.5, 0.6) is 0 Å². The SMILES string of the molecule is CCO[C@]12C[C@@H]3C4=CCO[C@H]5CC(=O)N6c7ccccc7[C@]1(CCN2C4)[C@@H]6[C@H]53. The van der Waals surface area contributed by atoms with E-state index in [2.05, 4.69) is 47.1 Å². The zero-order valence-corrected chi connectivity index (χ0v) is 16.3. The minimum Gasteiger partial charge on any atom is -0.373 e. The van der Waals surface area contributed by atoms with Crippen molar-refractivity contribution in [1.82, 2.24) is 4.90 Å². The molecule has 3 saturated heterocycles. The molecule has 5 heteroatoms. The first-order valence-electron chi connectivity index (χ1n) is 10.8. The van der Waals surface area contributed by atoms with Gasteiger partial charge < -0.3 is 14.4 Å². The van der Waals surface area contributed by atoms with E-state index in [-0.39, 0.29) is 29.2 Å². The van der Waals surface area contributed by atoms with E-state index in [1.807, 2.05) is 0 Å². The second-order valence-corrected chi connectivity index (χ2v) is 9.33. The molecule has 4 fully saturated rings. The molecule has 5 nitrogen and oxygen atoms in total. The van der Waals surface area contributed by atoms with Crippen molar-refractivity contribution in [2.24, 2.45) is 11.8 Å². The van der Waals surface area contributed by atoms with Gasteiger partial charge in [0.25, 0.3) is 0 Å². The minimum atomic E-state index is -0.303. The molecule has 6 atom stereocenters. The van der Waals surface area contributed by atoms with Crippen LogP contribution in [-0.2, 0) is 19.7 Å². The van der Waals surface area contributed by atoms with E-state index in [1.54, 1.807) is 0 Å². The zero-order chi connectivity index (χ0) is 18.7. The van der Waals surface area contributed by atoms with Crippen molar-refractivity contribution in [3.05, 3.63) is 41.5 Å². The Morgan fingerprint density at radius 1 is 1.32 bits per heavy atom. The number of rotatable bonds is 2. The predicted molar refractivity (Wildman–Crippen MR) is 104 cm³/mol. The standard InChI is InChI=1S/C23H26N2O3/c1-2-28-23-12-15-14-7-10-27-18-11-19(26)25-17-6-4-3-5-16(17)22(23,21(25)20(15)18)8-9-24(23)13-14/h3-7,15,18,20-21H,2,8-13H2,1H3/t15-,18+,20+,21+,22-,23-/m1/s1. The molecular weight excluding hydrogens is 352 g/mol. The molecule has 0 N–H and O–H groups in total. The first kappa shape index (κ1) is 16.1. The number of amides is 1. The number of anilines is 1. The van der Waals surface area contributed by atoms with Gasteiger partial charge in [0.15, 0.2) is 0 Å². The summed E-state index contributed by atoms with van der Waals surface area (Å²) in [6.45, 7) is 5.49. The lowest BCUT2D eigenvalue weighted by atomic mass is 9.51. The quantitative estimate of drug-likeness (QED) is 0.742. The molecule has 0 unspecified atom stereocenters. The minimum absolute atomic E-state index is 0.0328. The third-order valence-electron chi connectivity index (χ3n) is 8.70. The van der Waals surface area contributed by atoms with Gasteiger partial charge in [0.2, 0.25) is 5.91 Å². The van der Waals surface area contributed by atoms with Crippen molar-refractivity contribution in [3.63, 3.8) is 0 Å². The third-order valence-corrected chi connectivity index (χ3v) is 8.70. The van der Waals surface area contributed by atoms with Crippen molar-refractivity contribution >= 4 is 11.6 Å². The van der Waals surface area contributed by atoms with Gasteiger partial charge in [-0.1, -0.05) is 29.8 Å². The Hall–Kier alpha value is -1.69. The molecule has 146 valence electrons. The van der Waals surface area contributed by atoms with Gasteiger partial charge in [0, 0.05) is 31.3 Å². The number of ether oxygens (including phenoxy) is 2. The van der Waals surface area contributed by atoms with Crippen LogP contribution >= 0.6 is 0 Å². The smallest absolute Gasteiger partial charge is 0.229 e. The topological polar surface area (TPSA) is 42.0 Å². The fourth-order valence-electron chi connectivity index (χ4n) is 8.01. The van der Waals surface area contributed by atoms with Gasteiger partial charge in [-0.15, -0.1) is 0 Å². The molecule has 5 aliphatic heterocycles. The van der Waals surface area contributed by atoms with Gasteiger partial charge in [-0.3, -0.25) is 9.69 Å². The molecule has 1 aromatic rings. The van der Waals surface area contributed by atoms with Crippen LogP contribution in [0.2, 0.25) is 0 Å². The molecule has 0 radical (unpaired) electrons. The largest absolute Gasteiger partial charge is 0.373 e. The Labute approximate surface area is 165 Å². The van der Waals surface area contributed by atoms with E-state index in [4.69, 9.17) is 9.47 Å². The number of para-hydroxylation sites is 1. The molecule has 1 spiro atoms. The number of hydrogen-bond acceptors (Lipinski definition) is 4. The van der Waals surface area contributed by atoms with Crippen LogP contribution in [0, 0.1) is 11.8 Å². The lowest BCUT2D eigenvalue weighted by Crippen LogP contribution is -2.75. The average Bonchev–Trinajstić information content (AvgIpc) is 3.13. The fraction of sp³-hybridized carbons (Fsp3) is 0.609. The van der Waals surface area contributed by atoms with Crippen molar-refractivity contribution in [1.29, 1.82) is 0 Å². The summed E-state index contributed by atoms with van der Waals surface area (Å²) in [7, 11) is 0. The highest BCUT2D eigenvalue weighted by atomic mass is 16.5. The van der Waals surface area contributed by atoms with Gasteiger partial charge in [-0.25, -0.2) is 0 Å². The number of carbonyl (C=O) groups excluding carboxylic acids is 1. The second-order valence-electron chi connectivity index (χ2n) is 9.33. The van der Waals surface area contributed by atoms with Crippen molar-refractivity contribution < 1.29 is 14.3 Å². The van der Waals surface area contributed by atoms with E-state index in [1.165, 1.54) is 11.1 Å². The summed E-state index contributed by atoms with van der Waals surface area (Å²) in [4.78, 5) is 18.2. The summed E-state index contributed by atoms with van der Waals surface area (Å²) < 4.78 is 13.1. The maximum atomic E-state index is 13.4. The summed E-state index contributed by atoms with van der Waals surface area (Å²) >= 11 is 0. The zero-order valence-electron chi connectivity index (χ0n) is 16.3. The van der Waals surface area contributed by atoms with Gasteiger partial charge in [0.1, 0.15) is 5.72 Å². The van der Waals surface area contributed by atoms with Crippen LogP contribution < -0.4 is 4.90 Å². The van der Waals surface area contributed by atoms with E-state index < -0.39 is 0 Å². The summed E-state index contributed by atoms with van der Waals surface area (Å²) in [5.74, 6) is 1.05. The molecule has 28 heavy (non-hydrogen) atoms. The number of carbonyl (C=O) groups is 1. The van der Waals surface area contributed by atoms with Crippen molar-refractivity contribution in [2.75, 3.05) is 31.2 Å². The maximum Gasteiger partial charge on any atom is 0.229 e. The van der Waals surface area contributed by atoms with Crippen LogP contribution in [0.25, 0.3) is 0 Å². The molecular formula is C23H26N2O3. The summed E-state index contributed by atoms with van der Waals surface area (Å²) in [6, 6.07) is 8.78. The highest BCUT2D eigenvalue weighted by Gasteiger charge is 2.77. The number of benzene rings is 1. The highest BCUT2D eigenvalue weighted by molar-refractivity contribution is 5.99. The molecule has 6 aliphatic rings. The lowest BCUT2D eigenvalue weighted by molar-refractivity contribution is -0.225. The first-order chi connectivity index (χ1) is 13.7. The Balaban J connectivity index is 1.57. The summed E-state index contributed by atoms with van der Waals surface area (Å²) in [5.41, 5.74) is 3.53. The Kier molecular flexibility index (Phi) is 2.92. The van der Waals surface area contributed by atoms with Gasteiger partial charge >= 0.3 is 0 Å². The Morgan fingerprint density at radius 3 is 3.11 bits per heavy atom. The van der Waals surface area contributed by atoms with E-state index in [0.29, 0.717) is 31.5 Å². The summed E-state index contributed by atoms with van der Waals surface area (Å²) in [5, 5.41) is 0. The molecule has 2 bridgehead atoms. The Bertz CT molecular complexity index is 928. The molecule has 1 amide bonds. The summed E-state index contributed by atoms with van der Waals surface area (Å²) in [6.07, 6.45) is 4.94. The van der Waals surface area contributed by atoms with Crippen LogP contribution in [0.3, 0.4) is 0 Å². The number of hydrogen-bond donors (Lipinski definition) is 0. The molecule has 1 aliphatic carbocycles. The monoisotopic (exact) mass is 378 g/mol. The average molecular weight is 378 g/mol. The van der Waals surface area contributed by atoms with E-state index in [9.17, 15) is 4.79 Å². The number of piperidine rings is 2. The van der Waals surface area contributed by atoms with E-state index in [0.717, 1.165) is 31.6 Å². The van der Waals surface area contributed by atoms with Crippen molar-refractivity contribution in [3.8, 4) is 0 Å². The molecule has 0 aromatic heterocycles. The van der Waals surface area contributed by atoms with E-state index >= 15 is 0 Å². The molecule has 7 rings (SSSR count).